The zero-order valence-corrected chi connectivity index (χ0v) is 11.8. The van der Waals surface area contributed by atoms with Crippen LogP contribution < -0.4 is 0 Å². The van der Waals surface area contributed by atoms with E-state index in [2.05, 4.69) is 15.9 Å². The summed E-state index contributed by atoms with van der Waals surface area (Å²) < 4.78 is 0. The molecule has 0 saturated carbocycles. The smallest absolute Gasteiger partial charge is 0.0980 e. The highest BCUT2D eigenvalue weighted by Gasteiger charge is 2.50. The third-order valence-electron chi connectivity index (χ3n) is 6.24. The average molecular weight is 259 g/mol. The lowest BCUT2D eigenvalue weighted by Crippen LogP contribution is -2.67. The second-order valence-electron chi connectivity index (χ2n) is 7.07. The predicted octanol–water partition coefficient (Wildman–Crippen LogP) is 2.24. The van der Waals surface area contributed by atoms with Crippen molar-refractivity contribution >= 4 is 0 Å². The summed E-state index contributed by atoms with van der Waals surface area (Å²) in [4.78, 5) is 5.42. The maximum Gasteiger partial charge on any atom is 0.0980 e. The van der Waals surface area contributed by atoms with Gasteiger partial charge in [0.2, 0.25) is 0 Å². The molecule has 3 heteroatoms. The highest BCUT2D eigenvalue weighted by Crippen LogP contribution is 2.45. The van der Waals surface area contributed by atoms with E-state index in [0.29, 0.717) is 0 Å². The molecule has 3 nitrogen and oxygen atoms in total. The molecule has 4 aliphatic heterocycles. The fourth-order valence-electron chi connectivity index (χ4n) is 5.59. The predicted molar refractivity (Wildman–Crippen MR) is 74.6 cm³/mol. The zero-order chi connectivity index (χ0) is 12.8. The maximum absolute atomic E-state index is 9.45. The Bertz CT molecular complexity index is 386. The largest absolute Gasteiger partial charge is 0.300 e. The molecule has 0 aromatic heterocycles. The molecule has 4 heterocycles. The lowest BCUT2D eigenvalue weighted by atomic mass is 9.67. The van der Waals surface area contributed by atoms with E-state index in [1.807, 2.05) is 0 Å². The Kier molecular flexibility index (Phi) is 3.04. The number of rotatable bonds is 0. The molecule has 4 saturated heterocycles. The molecule has 19 heavy (non-hydrogen) atoms. The van der Waals surface area contributed by atoms with Gasteiger partial charge in [0.1, 0.15) is 0 Å². The molecule has 4 fully saturated rings. The second kappa shape index (κ2) is 4.75. The van der Waals surface area contributed by atoms with Crippen LogP contribution in [0.4, 0.5) is 0 Å². The molecule has 0 spiro atoms. The van der Waals surface area contributed by atoms with E-state index < -0.39 is 0 Å². The molecule has 5 atom stereocenters. The number of hydrogen-bond donors (Lipinski definition) is 0. The molecule has 0 N–H and O–H groups in total. The third-order valence-corrected chi connectivity index (χ3v) is 6.24. The minimum absolute atomic E-state index is 0.219. The molecule has 0 bridgehead atoms. The van der Waals surface area contributed by atoms with Crippen LogP contribution in [-0.4, -0.2) is 47.6 Å². The zero-order valence-electron chi connectivity index (χ0n) is 11.8. The van der Waals surface area contributed by atoms with Gasteiger partial charge in [-0.15, -0.1) is 0 Å². The van der Waals surface area contributed by atoms with Gasteiger partial charge in [0, 0.05) is 18.6 Å². The highest BCUT2D eigenvalue weighted by atomic mass is 15.3. The van der Waals surface area contributed by atoms with Crippen molar-refractivity contribution in [2.75, 3.05) is 19.6 Å². The summed E-state index contributed by atoms with van der Waals surface area (Å²) in [5.74, 6) is 1.72. The van der Waals surface area contributed by atoms with Gasteiger partial charge in [-0.05, 0) is 69.9 Å². The first-order chi connectivity index (χ1) is 9.38. The van der Waals surface area contributed by atoms with Gasteiger partial charge < -0.3 is 0 Å². The van der Waals surface area contributed by atoms with Crippen molar-refractivity contribution in [3.05, 3.63) is 0 Å². The lowest BCUT2D eigenvalue weighted by molar-refractivity contribution is -0.0952. The summed E-state index contributed by atoms with van der Waals surface area (Å²) >= 11 is 0. The molecule has 0 amide bonds. The van der Waals surface area contributed by atoms with E-state index in [-0.39, 0.29) is 6.04 Å². The van der Waals surface area contributed by atoms with E-state index in [4.69, 9.17) is 0 Å². The Morgan fingerprint density at radius 2 is 1.79 bits per heavy atom. The first kappa shape index (κ1) is 12.2. The molecule has 0 aromatic carbocycles. The van der Waals surface area contributed by atoms with Crippen molar-refractivity contribution in [3.63, 3.8) is 0 Å². The average Bonchev–Trinajstić information content (AvgIpc) is 2.47. The van der Waals surface area contributed by atoms with Crippen LogP contribution in [0.1, 0.15) is 44.9 Å². The van der Waals surface area contributed by atoms with Gasteiger partial charge in [-0.25, -0.2) is 0 Å². The SMILES string of the molecule is N#C[C@H]1CCC[C@@H]2[C@H]3CCCN4CCC[C@@H](CN21)C34. The summed E-state index contributed by atoms with van der Waals surface area (Å²) in [7, 11) is 0. The van der Waals surface area contributed by atoms with Crippen LogP contribution in [-0.2, 0) is 0 Å². The molecule has 104 valence electrons. The van der Waals surface area contributed by atoms with Crippen LogP contribution in [0.3, 0.4) is 0 Å². The molecule has 0 aliphatic carbocycles. The third kappa shape index (κ3) is 1.84. The topological polar surface area (TPSA) is 30.3 Å². The Morgan fingerprint density at radius 1 is 0.947 bits per heavy atom. The van der Waals surface area contributed by atoms with E-state index in [9.17, 15) is 5.26 Å². The van der Waals surface area contributed by atoms with Crippen molar-refractivity contribution < 1.29 is 0 Å². The Hall–Kier alpha value is -0.590. The van der Waals surface area contributed by atoms with Gasteiger partial charge in [0.25, 0.3) is 0 Å². The Labute approximate surface area is 116 Å². The van der Waals surface area contributed by atoms with Gasteiger partial charge in [-0.3, -0.25) is 9.80 Å². The van der Waals surface area contributed by atoms with Gasteiger partial charge in [0.15, 0.2) is 0 Å². The monoisotopic (exact) mass is 259 g/mol. The van der Waals surface area contributed by atoms with Crippen LogP contribution in [0.25, 0.3) is 0 Å². The number of piperidine rings is 4. The number of nitriles is 1. The van der Waals surface area contributed by atoms with Crippen molar-refractivity contribution in [2.24, 2.45) is 11.8 Å². The Balaban J connectivity index is 1.64. The quantitative estimate of drug-likeness (QED) is 0.668. The molecule has 4 rings (SSSR count). The normalized spacial score (nSPS) is 47.0. The summed E-state index contributed by atoms with van der Waals surface area (Å²) in [6.45, 7) is 3.89. The van der Waals surface area contributed by atoms with Crippen LogP contribution in [0.2, 0.25) is 0 Å². The van der Waals surface area contributed by atoms with Crippen molar-refractivity contribution in [3.8, 4) is 6.07 Å². The molecular formula is C16H25N3. The van der Waals surface area contributed by atoms with Crippen LogP contribution in [0.15, 0.2) is 0 Å². The minimum atomic E-state index is 0.219. The van der Waals surface area contributed by atoms with E-state index >= 15 is 0 Å². The van der Waals surface area contributed by atoms with Crippen molar-refractivity contribution in [1.82, 2.24) is 9.80 Å². The minimum Gasteiger partial charge on any atom is -0.300 e. The van der Waals surface area contributed by atoms with E-state index in [0.717, 1.165) is 30.3 Å². The van der Waals surface area contributed by atoms with Crippen LogP contribution in [0.5, 0.6) is 0 Å². The standard InChI is InChI=1S/C16H25N3/c17-10-13-5-1-7-15-14-6-3-9-18-8-2-4-12(16(14)18)11-19(13)15/h12-16H,1-9,11H2/t12-,13+,14+,15+,16?/m0/s1. The molecule has 4 aliphatic rings. The fourth-order valence-corrected chi connectivity index (χ4v) is 5.59. The number of hydrogen-bond acceptors (Lipinski definition) is 3. The Morgan fingerprint density at radius 3 is 2.63 bits per heavy atom. The molecule has 1 unspecified atom stereocenters. The molecule has 0 radical (unpaired) electrons. The summed E-state index contributed by atoms with van der Waals surface area (Å²) in [6.07, 6.45) is 9.31. The van der Waals surface area contributed by atoms with Crippen LogP contribution in [0, 0.1) is 23.2 Å². The maximum atomic E-state index is 9.45. The molecular weight excluding hydrogens is 234 g/mol. The summed E-state index contributed by atoms with van der Waals surface area (Å²) in [5, 5.41) is 9.45. The molecule has 0 aromatic rings. The van der Waals surface area contributed by atoms with E-state index in [1.54, 1.807) is 0 Å². The van der Waals surface area contributed by atoms with Gasteiger partial charge in [-0.1, -0.05) is 0 Å². The van der Waals surface area contributed by atoms with Gasteiger partial charge >= 0.3 is 0 Å². The fraction of sp³-hybridized carbons (Fsp3) is 0.938. The van der Waals surface area contributed by atoms with Crippen LogP contribution >= 0.6 is 0 Å². The second-order valence-corrected chi connectivity index (χ2v) is 7.07. The van der Waals surface area contributed by atoms with Gasteiger partial charge in [-0.2, -0.15) is 5.26 Å². The first-order valence-electron chi connectivity index (χ1n) is 8.28. The van der Waals surface area contributed by atoms with Crippen molar-refractivity contribution in [2.45, 2.75) is 63.1 Å². The first-order valence-corrected chi connectivity index (χ1v) is 8.28. The van der Waals surface area contributed by atoms with Gasteiger partial charge in [0.05, 0.1) is 12.1 Å². The van der Waals surface area contributed by atoms with E-state index in [1.165, 1.54) is 58.2 Å². The summed E-state index contributed by atoms with van der Waals surface area (Å²) in [6, 6.07) is 4.39. The highest BCUT2D eigenvalue weighted by molar-refractivity contribution is 5.08. The summed E-state index contributed by atoms with van der Waals surface area (Å²) in [5.41, 5.74) is 0. The number of nitrogens with zero attached hydrogens (tertiary/aromatic N) is 3. The lowest BCUT2D eigenvalue weighted by Gasteiger charge is -2.59. The van der Waals surface area contributed by atoms with Crippen molar-refractivity contribution in [1.29, 1.82) is 5.26 Å². The number of fused-ring (bicyclic) bond motifs is 2.